The summed E-state index contributed by atoms with van der Waals surface area (Å²) in [5, 5.41) is 5.60. The summed E-state index contributed by atoms with van der Waals surface area (Å²) in [4.78, 5) is 24.2. The van der Waals surface area contributed by atoms with Crippen molar-refractivity contribution in [2.24, 2.45) is 5.92 Å². The number of rotatable bonds is 7. The predicted molar refractivity (Wildman–Crippen MR) is 119 cm³/mol. The van der Waals surface area contributed by atoms with Gasteiger partial charge in [-0.05, 0) is 67.9 Å². The van der Waals surface area contributed by atoms with Crippen molar-refractivity contribution in [2.45, 2.75) is 50.0 Å². The van der Waals surface area contributed by atoms with Crippen molar-refractivity contribution in [3.05, 3.63) is 65.7 Å². The zero-order chi connectivity index (χ0) is 22.3. The van der Waals surface area contributed by atoms with Crippen LogP contribution in [0.15, 0.2) is 59.5 Å². The smallest absolute Gasteiger partial charge is 0.328 e. The Hall–Kier alpha value is -2.87. The Morgan fingerprint density at radius 3 is 2.23 bits per heavy atom. The minimum atomic E-state index is -3.94. The van der Waals surface area contributed by atoms with Crippen LogP contribution in [0.4, 0.5) is 4.79 Å². The van der Waals surface area contributed by atoms with E-state index in [-0.39, 0.29) is 16.8 Å². The Labute approximate surface area is 183 Å². The zero-order valence-corrected chi connectivity index (χ0v) is 18.5. The second-order valence-electron chi connectivity index (χ2n) is 8.05. The highest BCUT2D eigenvalue weighted by molar-refractivity contribution is 7.90. The van der Waals surface area contributed by atoms with Gasteiger partial charge in [-0.2, -0.15) is 0 Å². The number of nitrogens with one attached hydrogen (secondary N) is 3. The van der Waals surface area contributed by atoms with Crippen molar-refractivity contribution < 1.29 is 18.0 Å². The molecule has 0 heterocycles. The molecule has 3 rings (SSSR count). The van der Waals surface area contributed by atoms with Gasteiger partial charge in [0.15, 0.2) is 0 Å². The van der Waals surface area contributed by atoms with Crippen LogP contribution in [0.5, 0.6) is 0 Å². The first-order valence-electron chi connectivity index (χ1n) is 10.6. The first-order chi connectivity index (χ1) is 14.8. The summed E-state index contributed by atoms with van der Waals surface area (Å²) in [5.41, 5.74) is 1.48. The number of benzene rings is 2. The van der Waals surface area contributed by atoms with E-state index in [0.29, 0.717) is 24.4 Å². The van der Waals surface area contributed by atoms with Gasteiger partial charge in [-0.1, -0.05) is 37.3 Å². The Morgan fingerprint density at radius 1 is 0.935 bits per heavy atom. The van der Waals surface area contributed by atoms with Crippen LogP contribution in [-0.2, 0) is 16.4 Å². The maximum Gasteiger partial charge on any atom is 0.328 e. The van der Waals surface area contributed by atoms with Gasteiger partial charge in [0, 0.05) is 18.2 Å². The molecule has 31 heavy (non-hydrogen) atoms. The van der Waals surface area contributed by atoms with Gasteiger partial charge in [0.1, 0.15) is 0 Å². The zero-order valence-electron chi connectivity index (χ0n) is 17.6. The average molecular weight is 444 g/mol. The maximum atomic E-state index is 12.5. The molecule has 166 valence electrons. The normalized spacial score (nSPS) is 18.7. The SMILES string of the molecule is CC1CCC(NC(=O)NS(=O)(=O)c2ccc(CCNC(=O)c3ccccc3)cc2)CC1. The largest absolute Gasteiger partial charge is 0.352 e. The first kappa shape index (κ1) is 22.8. The number of hydrogen-bond acceptors (Lipinski definition) is 4. The lowest BCUT2D eigenvalue weighted by Crippen LogP contribution is -2.45. The summed E-state index contributed by atoms with van der Waals surface area (Å²) >= 11 is 0. The van der Waals surface area contributed by atoms with Gasteiger partial charge < -0.3 is 10.6 Å². The van der Waals surface area contributed by atoms with Crippen molar-refractivity contribution in [2.75, 3.05) is 6.54 Å². The summed E-state index contributed by atoms with van der Waals surface area (Å²) in [5.74, 6) is 0.498. The van der Waals surface area contributed by atoms with E-state index in [1.807, 2.05) is 6.07 Å². The predicted octanol–water partition coefficient (Wildman–Crippen LogP) is 3.23. The highest BCUT2D eigenvalue weighted by Gasteiger charge is 2.23. The number of sulfonamides is 1. The molecule has 0 saturated heterocycles. The molecule has 0 aromatic heterocycles. The van der Waals surface area contributed by atoms with Crippen LogP contribution in [0.3, 0.4) is 0 Å². The summed E-state index contributed by atoms with van der Waals surface area (Å²) in [6, 6.07) is 14.6. The third kappa shape index (κ3) is 6.82. The fraction of sp³-hybridized carbons (Fsp3) is 0.391. The molecule has 0 unspecified atom stereocenters. The number of amides is 3. The molecule has 1 aliphatic carbocycles. The van der Waals surface area contributed by atoms with Gasteiger partial charge in [0.25, 0.3) is 15.9 Å². The second-order valence-corrected chi connectivity index (χ2v) is 9.73. The summed E-state index contributed by atoms with van der Waals surface area (Å²) < 4.78 is 27.0. The minimum Gasteiger partial charge on any atom is -0.352 e. The molecule has 3 amide bonds. The first-order valence-corrected chi connectivity index (χ1v) is 12.1. The van der Waals surface area contributed by atoms with E-state index in [9.17, 15) is 18.0 Å². The number of urea groups is 1. The van der Waals surface area contributed by atoms with Crippen LogP contribution < -0.4 is 15.4 Å². The molecule has 0 atom stereocenters. The van der Waals surface area contributed by atoms with Gasteiger partial charge in [0.2, 0.25) is 0 Å². The molecule has 8 heteroatoms. The van der Waals surface area contributed by atoms with Gasteiger partial charge in [-0.15, -0.1) is 0 Å². The third-order valence-electron chi connectivity index (χ3n) is 5.55. The molecular formula is C23H29N3O4S. The molecule has 2 aromatic rings. The molecule has 2 aromatic carbocycles. The lowest BCUT2D eigenvalue weighted by molar-refractivity contribution is 0.0954. The number of hydrogen-bond donors (Lipinski definition) is 3. The highest BCUT2D eigenvalue weighted by Crippen LogP contribution is 2.23. The van der Waals surface area contributed by atoms with E-state index >= 15 is 0 Å². The fourth-order valence-electron chi connectivity index (χ4n) is 3.65. The van der Waals surface area contributed by atoms with E-state index in [1.54, 1.807) is 36.4 Å². The van der Waals surface area contributed by atoms with Crippen LogP contribution in [0.25, 0.3) is 0 Å². The standard InChI is InChI=1S/C23H29N3O4S/c1-17-7-11-20(12-8-17)25-23(28)26-31(29,30)21-13-9-18(10-14-21)15-16-24-22(27)19-5-3-2-4-6-19/h2-6,9-10,13-14,17,20H,7-8,11-12,15-16H2,1H3,(H,24,27)(H2,25,26,28). The van der Waals surface area contributed by atoms with Crippen molar-refractivity contribution >= 4 is 22.0 Å². The summed E-state index contributed by atoms with van der Waals surface area (Å²) in [7, 11) is -3.94. The molecule has 1 saturated carbocycles. The second kappa shape index (κ2) is 10.4. The molecule has 0 bridgehead atoms. The Balaban J connectivity index is 1.47. The van der Waals surface area contributed by atoms with E-state index in [2.05, 4.69) is 22.3 Å². The average Bonchev–Trinajstić information content (AvgIpc) is 2.76. The molecule has 3 N–H and O–H groups in total. The van der Waals surface area contributed by atoms with Gasteiger partial charge >= 0.3 is 6.03 Å². The quantitative estimate of drug-likeness (QED) is 0.611. The minimum absolute atomic E-state index is 0.0138. The van der Waals surface area contributed by atoms with Gasteiger partial charge in [-0.25, -0.2) is 17.9 Å². The van der Waals surface area contributed by atoms with Crippen molar-refractivity contribution in [3.63, 3.8) is 0 Å². The molecular weight excluding hydrogens is 414 g/mol. The molecule has 0 aliphatic heterocycles. The number of carbonyl (C=O) groups is 2. The molecule has 1 aliphatic rings. The monoisotopic (exact) mass is 443 g/mol. The van der Waals surface area contributed by atoms with Gasteiger partial charge in [-0.3, -0.25) is 4.79 Å². The van der Waals surface area contributed by atoms with Crippen LogP contribution in [-0.4, -0.2) is 32.9 Å². The fourth-order valence-corrected chi connectivity index (χ4v) is 4.56. The van der Waals surface area contributed by atoms with Gasteiger partial charge in [0.05, 0.1) is 4.90 Å². The highest BCUT2D eigenvalue weighted by atomic mass is 32.2. The summed E-state index contributed by atoms with van der Waals surface area (Å²) in [6.45, 7) is 2.61. The lowest BCUT2D eigenvalue weighted by atomic mass is 9.87. The van der Waals surface area contributed by atoms with Crippen molar-refractivity contribution in [1.82, 2.24) is 15.4 Å². The van der Waals surface area contributed by atoms with Crippen molar-refractivity contribution in [3.8, 4) is 0 Å². The molecule has 1 fully saturated rings. The molecule has 0 radical (unpaired) electrons. The van der Waals surface area contributed by atoms with Crippen LogP contribution in [0.1, 0.15) is 48.5 Å². The molecule has 7 nitrogen and oxygen atoms in total. The number of carbonyl (C=O) groups excluding carboxylic acids is 2. The molecule has 0 spiro atoms. The van der Waals surface area contributed by atoms with Crippen LogP contribution in [0, 0.1) is 5.92 Å². The Kier molecular flexibility index (Phi) is 7.68. The van der Waals surface area contributed by atoms with E-state index in [0.717, 1.165) is 31.2 Å². The Bertz CT molecular complexity index is 983. The topological polar surface area (TPSA) is 104 Å². The van der Waals surface area contributed by atoms with Crippen LogP contribution >= 0.6 is 0 Å². The van der Waals surface area contributed by atoms with Crippen molar-refractivity contribution in [1.29, 1.82) is 0 Å². The summed E-state index contributed by atoms with van der Waals surface area (Å²) in [6.07, 6.45) is 4.36. The van der Waals surface area contributed by atoms with Crippen LogP contribution in [0.2, 0.25) is 0 Å². The maximum absolute atomic E-state index is 12.5. The van der Waals surface area contributed by atoms with E-state index < -0.39 is 16.1 Å². The lowest BCUT2D eigenvalue weighted by Gasteiger charge is -2.26. The third-order valence-corrected chi connectivity index (χ3v) is 6.89. The Morgan fingerprint density at radius 2 is 1.58 bits per heavy atom. The van der Waals surface area contributed by atoms with E-state index in [4.69, 9.17) is 0 Å². The van der Waals surface area contributed by atoms with E-state index in [1.165, 1.54) is 12.1 Å².